The van der Waals surface area contributed by atoms with Gasteiger partial charge in [-0.05, 0) is 40.0 Å². The van der Waals surface area contributed by atoms with Crippen molar-refractivity contribution in [1.82, 2.24) is 0 Å². The second-order valence-corrected chi connectivity index (χ2v) is 5.66. The molecule has 0 saturated heterocycles. The van der Waals surface area contributed by atoms with E-state index in [1.807, 2.05) is 0 Å². The van der Waals surface area contributed by atoms with E-state index >= 15 is 0 Å². The highest BCUT2D eigenvalue weighted by atomic mass is 16.5. The third-order valence-corrected chi connectivity index (χ3v) is 3.16. The van der Waals surface area contributed by atoms with E-state index < -0.39 is 0 Å². The molecule has 1 aliphatic carbocycles. The molecule has 15 heavy (non-hydrogen) atoms. The van der Waals surface area contributed by atoms with Gasteiger partial charge in [-0.15, -0.1) is 0 Å². The van der Waals surface area contributed by atoms with Gasteiger partial charge in [0.2, 0.25) is 0 Å². The molecule has 1 saturated carbocycles. The molecule has 0 aliphatic heterocycles. The standard InChI is InChI=1S/C13H23NO/c1-12(2,3)15-10-9-13(11-14)7-5-4-6-8-13/h4-10H2,1-3H3. The number of nitrogens with zero attached hydrogens (tertiary/aromatic N) is 1. The molecule has 1 fully saturated rings. The number of hydrogen-bond donors (Lipinski definition) is 0. The van der Waals surface area contributed by atoms with Crippen LogP contribution in [-0.2, 0) is 4.74 Å². The maximum Gasteiger partial charge on any atom is 0.0690 e. The second kappa shape index (κ2) is 4.99. The number of hydrogen-bond acceptors (Lipinski definition) is 2. The summed E-state index contributed by atoms with van der Waals surface area (Å²) in [7, 11) is 0. The summed E-state index contributed by atoms with van der Waals surface area (Å²) in [4.78, 5) is 0. The molecule has 2 heteroatoms. The van der Waals surface area contributed by atoms with E-state index in [4.69, 9.17) is 4.74 Å². The van der Waals surface area contributed by atoms with Gasteiger partial charge in [0.25, 0.3) is 0 Å². The summed E-state index contributed by atoms with van der Waals surface area (Å²) in [6.45, 7) is 6.91. The summed E-state index contributed by atoms with van der Waals surface area (Å²) in [5.74, 6) is 0. The van der Waals surface area contributed by atoms with E-state index in [1.54, 1.807) is 0 Å². The highest BCUT2D eigenvalue weighted by molar-refractivity contribution is 5.00. The maximum atomic E-state index is 9.27. The van der Waals surface area contributed by atoms with Crippen LogP contribution in [0.5, 0.6) is 0 Å². The van der Waals surface area contributed by atoms with Crippen LogP contribution in [0.2, 0.25) is 0 Å². The highest BCUT2D eigenvalue weighted by Gasteiger charge is 2.32. The summed E-state index contributed by atoms with van der Waals surface area (Å²) in [6, 6.07) is 2.52. The normalized spacial score (nSPS) is 20.9. The summed E-state index contributed by atoms with van der Waals surface area (Å²) in [6.07, 6.45) is 6.75. The van der Waals surface area contributed by atoms with Gasteiger partial charge in [0, 0.05) is 6.61 Å². The topological polar surface area (TPSA) is 33.0 Å². The second-order valence-electron chi connectivity index (χ2n) is 5.66. The fourth-order valence-electron chi connectivity index (χ4n) is 2.20. The monoisotopic (exact) mass is 209 g/mol. The molecule has 0 radical (unpaired) electrons. The minimum atomic E-state index is -0.0799. The van der Waals surface area contributed by atoms with Crippen LogP contribution >= 0.6 is 0 Å². The van der Waals surface area contributed by atoms with E-state index in [9.17, 15) is 5.26 Å². The van der Waals surface area contributed by atoms with Crippen LogP contribution < -0.4 is 0 Å². The van der Waals surface area contributed by atoms with Gasteiger partial charge in [0.1, 0.15) is 0 Å². The zero-order valence-corrected chi connectivity index (χ0v) is 10.3. The van der Waals surface area contributed by atoms with Crippen molar-refractivity contribution in [3.63, 3.8) is 0 Å². The van der Waals surface area contributed by atoms with Crippen LogP contribution in [0.4, 0.5) is 0 Å². The minimum Gasteiger partial charge on any atom is -0.376 e. The molecule has 0 amide bonds. The molecule has 0 aromatic heterocycles. The number of rotatable bonds is 3. The molecule has 86 valence electrons. The molecule has 0 unspecified atom stereocenters. The molecule has 1 rings (SSSR count). The predicted octanol–water partition coefficient (Wildman–Crippen LogP) is 3.67. The zero-order valence-electron chi connectivity index (χ0n) is 10.3. The summed E-state index contributed by atoms with van der Waals surface area (Å²) < 4.78 is 5.71. The molecule has 0 aromatic carbocycles. The van der Waals surface area contributed by atoms with Crippen LogP contribution in [0.15, 0.2) is 0 Å². The van der Waals surface area contributed by atoms with Gasteiger partial charge in [-0.3, -0.25) is 0 Å². The molecule has 0 spiro atoms. The van der Waals surface area contributed by atoms with Crippen molar-refractivity contribution in [2.45, 2.75) is 64.9 Å². The first-order valence-electron chi connectivity index (χ1n) is 6.03. The zero-order chi connectivity index (χ0) is 11.4. The summed E-state index contributed by atoms with van der Waals surface area (Å²) >= 11 is 0. The van der Waals surface area contributed by atoms with Gasteiger partial charge in [0.15, 0.2) is 0 Å². The Morgan fingerprint density at radius 2 is 1.80 bits per heavy atom. The van der Waals surface area contributed by atoms with E-state index in [-0.39, 0.29) is 11.0 Å². The Morgan fingerprint density at radius 1 is 1.20 bits per heavy atom. The smallest absolute Gasteiger partial charge is 0.0690 e. The molecule has 0 bridgehead atoms. The van der Waals surface area contributed by atoms with Gasteiger partial charge in [0.05, 0.1) is 17.1 Å². The lowest BCUT2D eigenvalue weighted by atomic mass is 9.73. The molecule has 2 nitrogen and oxygen atoms in total. The molecule has 1 aliphatic rings. The first-order valence-corrected chi connectivity index (χ1v) is 6.03. The van der Waals surface area contributed by atoms with Crippen molar-refractivity contribution >= 4 is 0 Å². The molecular formula is C13H23NO. The number of nitriles is 1. The quantitative estimate of drug-likeness (QED) is 0.710. The Hall–Kier alpha value is -0.550. The lowest BCUT2D eigenvalue weighted by Gasteiger charge is -2.31. The maximum absolute atomic E-state index is 9.27. The summed E-state index contributed by atoms with van der Waals surface area (Å²) in [5.41, 5.74) is -0.158. The Balaban J connectivity index is 2.37. The highest BCUT2D eigenvalue weighted by Crippen LogP contribution is 2.38. The number of ether oxygens (including phenoxy) is 1. The first-order chi connectivity index (χ1) is 6.97. The Bertz CT molecular complexity index is 228. The Kier molecular flexibility index (Phi) is 4.16. The van der Waals surface area contributed by atoms with Crippen molar-refractivity contribution in [3.05, 3.63) is 0 Å². The Morgan fingerprint density at radius 3 is 2.27 bits per heavy atom. The van der Waals surface area contributed by atoms with Crippen LogP contribution in [0, 0.1) is 16.7 Å². The lowest BCUT2D eigenvalue weighted by Crippen LogP contribution is -2.27. The van der Waals surface area contributed by atoms with Gasteiger partial charge in [-0.1, -0.05) is 19.3 Å². The largest absolute Gasteiger partial charge is 0.376 e. The molecular weight excluding hydrogens is 186 g/mol. The molecule has 0 heterocycles. The molecule has 0 aromatic rings. The molecule has 0 atom stereocenters. The van der Waals surface area contributed by atoms with Gasteiger partial charge < -0.3 is 4.74 Å². The Labute approximate surface area is 93.6 Å². The molecule has 0 N–H and O–H groups in total. The van der Waals surface area contributed by atoms with Gasteiger partial charge in [-0.25, -0.2) is 0 Å². The van der Waals surface area contributed by atoms with Gasteiger partial charge in [-0.2, -0.15) is 5.26 Å². The SMILES string of the molecule is CC(C)(C)OCCC1(C#N)CCCCC1. The van der Waals surface area contributed by atoms with Crippen molar-refractivity contribution in [2.75, 3.05) is 6.61 Å². The van der Waals surface area contributed by atoms with Crippen molar-refractivity contribution in [2.24, 2.45) is 5.41 Å². The van der Waals surface area contributed by atoms with Crippen LogP contribution in [0.25, 0.3) is 0 Å². The average molecular weight is 209 g/mol. The fraction of sp³-hybridized carbons (Fsp3) is 0.923. The van der Waals surface area contributed by atoms with E-state index in [2.05, 4.69) is 26.8 Å². The predicted molar refractivity (Wildman–Crippen MR) is 61.5 cm³/mol. The van der Waals surface area contributed by atoms with Crippen molar-refractivity contribution in [1.29, 1.82) is 5.26 Å². The van der Waals surface area contributed by atoms with Crippen molar-refractivity contribution in [3.8, 4) is 6.07 Å². The minimum absolute atomic E-state index is 0.0781. The fourth-order valence-corrected chi connectivity index (χ4v) is 2.20. The van der Waals surface area contributed by atoms with Crippen LogP contribution in [0.3, 0.4) is 0 Å². The average Bonchev–Trinajstić information content (AvgIpc) is 2.17. The van der Waals surface area contributed by atoms with Gasteiger partial charge >= 0.3 is 0 Å². The van der Waals surface area contributed by atoms with Crippen molar-refractivity contribution < 1.29 is 4.74 Å². The third kappa shape index (κ3) is 4.22. The lowest BCUT2D eigenvalue weighted by molar-refractivity contribution is -0.0168. The first kappa shape index (κ1) is 12.5. The third-order valence-electron chi connectivity index (χ3n) is 3.16. The van der Waals surface area contributed by atoms with E-state index in [0.717, 1.165) is 25.9 Å². The van der Waals surface area contributed by atoms with Crippen LogP contribution in [-0.4, -0.2) is 12.2 Å². The van der Waals surface area contributed by atoms with E-state index in [0.29, 0.717) is 0 Å². The summed E-state index contributed by atoms with van der Waals surface area (Å²) in [5, 5.41) is 9.27. The van der Waals surface area contributed by atoms with Crippen LogP contribution in [0.1, 0.15) is 59.3 Å². The van der Waals surface area contributed by atoms with E-state index in [1.165, 1.54) is 19.3 Å².